The lowest BCUT2D eigenvalue weighted by Gasteiger charge is -2.42. The van der Waals surface area contributed by atoms with Crippen LogP contribution in [0, 0.1) is 6.92 Å². The van der Waals surface area contributed by atoms with E-state index in [4.69, 9.17) is 9.84 Å². The number of rotatable bonds is 4. The van der Waals surface area contributed by atoms with E-state index in [1.165, 1.54) is 5.56 Å². The minimum atomic E-state index is -0.757. The molecule has 0 spiro atoms. The molecule has 0 bridgehead atoms. The van der Waals surface area contributed by atoms with Gasteiger partial charge >= 0.3 is 5.97 Å². The van der Waals surface area contributed by atoms with Crippen LogP contribution in [0.2, 0.25) is 0 Å². The zero-order valence-corrected chi connectivity index (χ0v) is 11.2. The van der Waals surface area contributed by atoms with Gasteiger partial charge in [0.25, 0.3) is 0 Å². The van der Waals surface area contributed by atoms with E-state index in [-0.39, 0.29) is 11.8 Å². The van der Waals surface area contributed by atoms with E-state index in [2.05, 4.69) is 32.0 Å². The standard InChI is InChI=1S/C15H20O3/c1-10(2)12-5-4-11(3)13(6-12)15(7-14(16)17)8-18-9-15/h4-6,10H,7-9H2,1-3H3,(H,16,17). The summed E-state index contributed by atoms with van der Waals surface area (Å²) in [6, 6.07) is 6.37. The molecule has 1 N–H and O–H groups in total. The van der Waals surface area contributed by atoms with E-state index in [0.717, 1.165) is 11.1 Å². The van der Waals surface area contributed by atoms with Crippen molar-refractivity contribution in [1.29, 1.82) is 0 Å². The first-order chi connectivity index (χ1) is 8.44. The van der Waals surface area contributed by atoms with Crippen LogP contribution in [0.1, 0.15) is 42.9 Å². The third-order valence-electron chi connectivity index (χ3n) is 3.75. The predicted molar refractivity (Wildman–Crippen MR) is 70.0 cm³/mol. The van der Waals surface area contributed by atoms with Crippen LogP contribution in [0.3, 0.4) is 0 Å². The first-order valence-corrected chi connectivity index (χ1v) is 6.35. The second-order valence-electron chi connectivity index (χ2n) is 5.57. The summed E-state index contributed by atoms with van der Waals surface area (Å²) in [7, 11) is 0. The number of hydrogen-bond donors (Lipinski definition) is 1. The molecule has 1 saturated heterocycles. The molecular formula is C15H20O3. The van der Waals surface area contributed by atoms with E-state index in [1.807, 2.05) is 6.92 Å². The third kappa shape index (κ3) is 2.27. The van der Waals surface area contributed by atoms with Gasteiger partial charge in [-0.1, -0.05) is 32.0 Å². The van der Waals surface area contributed by atoms with Crippen molar-refractivity contribution in [2.45, 2.75) is 38.5 Å². The van der Waals surface area contributed by atoms with Crippen molar-refractivity contribution in [3.8, 4) is 0 Å². The van der Waals surface area contributed by atoms with E-state index >= 15 is 0 Å². The Bertz CT molecular complexity index is 459. The SMILES string of the molecule is Cc1ccc(C(C)C)cc1C1(CC(=O)O)COC1. The molecule has 0 unspecified atom stereocenters. The van der Waals surface area contributed by atoms with Gasteiger partial charge in [0, 0.05) is 0 Å². The molecule has 1 aliphatic rings. The summed E-state index contributed by atoms with van der Waals surface area (Å²) in [5, 5.41) is 9.09. The molecule has 0 aliphatic carbocycles. The number of benzene rings is 1. The highest BCUT2D eigenvalue weighted by Gasteiger charge is 2.43. The molecule has 1 heterocycles. The van der Waals surface area contributed by atoms with Gasteiger partial charge in [-0.3, -0.25) is 4.79 Å². The van der Waals surface area contributed by atoms with Crippen molar-refractivity contribution < 1.29 is 14.6 Å². The lowest BCUT2D eigenvalue weighted by atomic mass is 9.73. The number of aliphatic carboxylic acids is 1. The van der Waals surface area contributed by atoms with Crippen molar-refractivity contribution >= 4 is 5.97 Å². The largest absolute Gasteiger partial charge is 0.481 e. The topological polar surface area (TPSA) is 46.5 Å². The van der Waals surface area contributed by atoms with Crippen LogP contribution in [0.15, 0.2) is 18.2 Å². The Kier molecular flexibility index (Phi) is 3.44. The maximum Gasteiger partial charge on any atom is 0.304 e. The van der Waals surface area contributed by atoms with E-state index in [1.54, 1.807) is 0 Å². The van der Waals surface area contributed by atoms with Crippen LogP contribution in [0.5, 0.6) is 0 Å². The number of hydrogen-bond acceptors (Lipinski definition) is 2. The molecule has 1 aromatic carbocycles. The Balaban J connectivity index is 2.41. The van der Waals surface area contributed by atoms with Gasteiger partial charge in [0.1, 0.15) is 0 Å². The molecule has 1 aliphatic heterocycles. The average molecular weight is 248 g/mol. The highest BCUT2D eigenvalue weighted by Crippen LogP contribution is 2.38. The molecular weight excluding hydrogens is 228 g/mol. The van der Waals surface area contributed by atoms with Crippen LogP contribution < -0.4 is 0 Å². The van der Waals surface area contributed by atoms with Crippen molar-refractivity contribution in [3.05, 3.63) is 34.9 Å². The maximum absolute atomic E-state index is 11.1. The fourth-order valence-corrected chi connectivity index (χ4v) is 2.56. The first-order valence-electron chi connectivity index (χ1n) is 6.35. The van der Waals surface area contributed by atoms with Crippen LogP contribution in [-0.4, -0.2) is 24.3 Å². The number of carboxylic acid groups (broad SMARTS) is 1. The van der Waals surface area contributed by atoms with Gasteiger partial charge in [-0.25, -0.2) is 0 Å². The third-order valence-corrected chi connectivity index (χ3v) is 3.75. The van der Waals surface area contributed by atoms with Gasteiger partial charge < -0.3 is 9.84 Å². The molecule has 2 rings (SSSR count). The first kappa shape index (κ1) is 13.1. The van der Waals surface area contributed by atoms with Gasteiger partial charge in [0.2, 0.25) is 0 Å². The lowest BCUT2D eigenvalue weighted by molar-refractivity contribution is -0.145. The van der Waals surface area contributed by atoms with Crippen LogP contribution in [-0.2, 0) is 14.9 Å². The second-order valence-corrected chi connectivity index (χ2v) is 5.57. The molecule has 0 amide bonds. The Morgan fingerprint density at radius 2 is 2.11 bits per heavy atom. The van der Waals surface area contributed by atoms with Gasteiger partial charge in [0.05, 0.1) is 25.0 Å². The highest BCUT2D eigenvalue weighted by atomic mass is 16.5. The number of aryl methyl sites for hydroxylation is 1. The predicted octanol–water partition coefficient (Wildman–Crippen LogP) is 2.86. The zero-order chi connectivity index (χ0) is 13.3. The lowest BCUT2D eigenvalue weighted by Crippen LogP contribution is -2.48. The summed E-state index contributed by atoms with van der Waals surface area (Å²) in [6.45, 7) is 7.37. The monoisotopic (exact) mass is 248 g/mol. The van der Waals surface area contributed by atoms with Gasteiger partial charge in [-0.2, -0.15) is 0 Å². The molecule has 3 nitrogen and oxygen atoms in total. The zero-order valence-electron chi connectivity index (χ0n) is 11.2. The smallest absolute Gasteiger partial charge is 0.304 e. The summed E-state index contributed by atoms with van der Waals surface area (Å²) in [5.41, 5.74) is 3.24. The summed E-state index contributed by atoms with van der Waals surface area (Å²) in [5.74, 6) is -0.306. The van der Waals surface area contributed by atoms with Crippen molar-refractivity contribution in [2.75, 3.05) is 13.2 Å². The Morgan fingerprint density at radius 3 is 2.56 bits per heavy atom. The fraction of sp³-hybridized carbons (Fsp3) is 0.533. The summed E-state index contributed by atoms with van der Waals surface area (Å²) < 4.78 is 5.29. The quantitative estimate of drug-likeness (QED) is 0.891. The van der Waals surface area contributed by atoms with Gasteiger partial charge in [-0.05, 0) is 29.5 Å². The van der Waals surface area contributed by atoms with Gasteiger partial charge in [0.15, 0.2) is 0 Å². The summed E-state index contributed by atoms with van der Waals surface area (Å²) in [6.07, 6.45) is 0.148. The minimum Gasteiger partial charge on any atom is -0.481 e. The van der Waals surface area contributed by atoms with E-state index in [0.29, 0.717) is 19.1 Å². The van der Waals surface area contributed by atoms with E-state index in [9.17, 15) is 4.79 Å². The number of ether oxygens (including phenoxy) is 1. The average Bonchev–Trinajstić information content (AvgIpc) is 2.24. The molecule has 98 valence electrons. The molecule has 0 aromatic heterocycles. The van der Waals surface area contributed by atoms with Crippen LogP contribution >= 0.6 is 0 Å². The fourth-order valence-electron chi connectivity index (χ4n) is 2.56. The normalized spacial score (nSPS) is 17.6. The van der Waals surface area contributed by atoms with Crippen LogP contribution in [0.4, 0.5) is 0 Å². The summed E-state index contributed by atoms with van der Waals surface area (Å²) in [4.78, 5) is 11.1. The van der Waals surface area contributed by atoms with E-state index < -0.39 is 5.97 Å². The van der Waals surface area contributed by atoms with Crippen molar-refractivity contribution in [2.24, 2.45) is 0 Å². The van der Waals surface area contributed by atoms with Crippen molar-refractivity contribution in [1.82, 2.24) is 0 Å². The Morgan fingerprint density at radius 1 is 1.44 bits per heavy atom. The van der Waals surface area contributed by atoms with Gasteiger partial charge in [-0.15, -0.1) is 0 Å². The molecule has 0 saturated carbocycles. The maximum atomic E-state index is 11.1. The number of carboxylic acids is 1. The van der Waals surface area contributed by atoms with Crippen LogP contribution in [0.25, 0.3) is 0 Å². The molecule has 0 radical (unpaired) electrons. The number of carbonyl (C=O) groups is 1. The molecule has 3 heteroatoms. The van der Waals surface area contributed by atoms with Crippen molar-refractivity contribution in [3.63, 3.8) is 0 Å². The highest BCUT2D eigenvalue weighted by molar-refractivity contribution is 5.69. The molecule has 1 aromatic rings. The summed E-state index contributed by atoms with van der Waals surface area (Å²) >= 11 is 0. The molecule has 18 heavy (non-hydrogen) atoms. The second kappa shape index (κ2) is 4.73. The Labute approximate surface area is 108 Å². The minimum absolute atomic E-state index is 0.148. The Hall–Kier alpha value is -1.35. The molecule has 0 atom stereocenters. The molecule has 1 fully saturated rings.